The second-order valence-corrected chi connectivity index (χ2v) is 5.50. The summed E-state index contributed by atoms with van der Waals surface area (Å²) in [6, 6.07) is 11.2. The molecule has 0 radical (unpaired) electrons. The van der Waals surface area contributed by atoms with Gasteiger partial charge in [0.25, 0.3) is 0 Å². The average Bonchev–Trinajstić information content (AvgIpc) is 2.98. The first-order chi connectivity index (χ1) is 9.40. The number of benzene rings is 1. The quantitative estimate of drug-likeness (QED) is 0.889. The number of hydrogen-bond donors (Lipinski definition) is 1. The van der Waals surface area contributed by atoms with Gasteiger partial charge in [0.1, 0.15) is 0 Å². The minimum absolute atomic E-state index is 0.464. The number of nitrogens with zero attached hydrogens (tertiary/aromatic N) is 1. The van der Waals surface area contributed by atoms with E-state index in [9.17, 15) is 0 Å². The zero-order chi connectivity index (χ0) is 13.1. The molecule has 0 amide bonds. The Bertz CT molecular complexity index is 538. The molecule has 0 saturated heterocycles. The largest absolute Gasteiger partial charge is 0.310 e. The van der Waals surface area contributed by atoms with E-state index in [1.54, 1.807) is 0 Å². The van der Waals surface area contributed by atoms with Crippen LogP contribution >= 0.6 is 0 Å². The molecule has 1 aromatic heterocycles. The molecule has 1 aliphatic rings. The predicted octanol–water partition coefficient (Wildman–Crippen LogP) is 4.08. The van der Waals surface area contributed by atoms with Crippen molar-refractivity contribution in [3.8, 4) is 0 Å². The van der Waals surface area contributed by atoms with Gasteiger partial charge in [-0.15, -0.1) is 0 Å². The summed E-state index contributed by atoms with van der Waals surface area (Å²) in [6.45, 7) is 3.21. The van der Waals surface area contributed by atoms with Crippen LogP contribution in [-0.4, -0.2) is 11.5 Å². The lowest BCUT2D eigenvalue weighted by Crippen LogP contribution is -2.27. The van der Waals surface area contributed by atoms with Crippen LogP contribution in [0.15, 0.2) is 36.5 Å². The van der Waals surface area contributed by atoms with Crippen molar-refractivity contribution >= 4 is 10.9 Å². The average molecular weight is 254 g/mol. The summed E-state index contributed by atoms with van der Waals surface area (Å²) < 4.78 is 0. The van der Waals surface area contributed by atoms with Crippen molar-refractivity contribution in [1.82, 2.24) is 10.3 Å². The highest BCUT2D eigenvalue weighted by Crippen LogP contribution is 2.37. The van der Waals surface area contributed by atoms with E-state index in [1.807, 2.05) is 12.3 Å². The Kier molecular flexibility index (Phi) is 3.79. The molecule has 1 aliphatic carbocycles. The first kappa shape index (κ1) is 12.6. The Morgan fingerprint density at radius 3 is 2.79 bits per heavy atom. The fraction of sp³-hybridized carbons (Fsp3) is 0.471. The van der Waals surface area contributed by atoms with E-state index >= 15 is 0 Å². The van der Waals surface area contributed by atoms with Gasteiger partial charge in [-0.05, 0) is 36.9 Å². The van der Waals surface area contributed by atoms with Gasteiger partial charge < -0.3 is 5.32 Å². The van der Waals surface area contributed by atoms with E-state index in [0.29, 0.717) is 6.04 Å². The fourth-order valence-corrected chi connectivity index (χ4v) is 3.42. The molecule has 1 unspecified atom stereocenters. The molecule has 2 nitrogen and oxygen atoms in total. The SMILES string of the molecule is CCNC(c1cccc2cccnc12)C1CCCC1. The van der Waals surface area contributed by atoms with Gasteiger partial charge in [0.05, 0.1) is 5.52 Å². The zero-order valence-corrected chi connectivity index (χ0v) is 11.6. The van der Waals surface area contributed by atoms with Crippen LogP contribution in [0.1, 0.15) is 44.2 Å². The van der Waals surface area contributed by atoms with Gasteiger partial charge in [0.2, 0.25) is 0 Å². The van der Waals surface area contributed by atoms with Gasteiger partial charge in [0, 0.05) is 17.6 Å². The topological polar surface area (TPSA) is 24.9 Å². The number of nitrogens with one attached hydrogen (secondary N) is 1. The summed E-state index contributed by atoms with van der Waals surface area (Å²) in [5.74, 6) is 0.771. The minimum Gasteiger partial charge on any atom is -0.310 e. The lowest BCUT2D eigenvalue weighted by Gasteiger charge is -2.25. The van der Waals surface area contributed by atoms with Crippen molar-refractivity contribution in [2.24, 2.45) is 5.92 Å². The number of para-hydroxylation sites is 1. The first-order valence-electron chi connectivity index (χ1n) is 7.47. The number of rotatable bonds is 4. The van der Waals surface area contributed by atoms with Gasteiger partial charge in [-0.2, -0.15) is 0 Å². The minimum atomic E-state index is 0.464. The molecule has 1 fully saturated rings. The third-order valence-electron chi connectivity index (χ3n) is 4.29. The van der Waals surface area contributed by atoms with Gasteiger partial charge in [-0.3, -0.25) is 4.98 Å². The van der Waals surface area contributed by atoms with E-state index < -0.39 is 0 Å². The van der Waals surface area contributed by atoms with Crippen molar-refractivity contribution in [2.75, 3.05) is 6.54 Å². The molecule has 1 N–H and O–H groups in total. The van der Waals surface area contributed by atoms with Gasteiger partial charge in [-0.1, -0.05) is 44.0 Å². The highest BCUT2D eigenvalue weighted by Gasteiger charge is 2.26. The molecule has 1 saturated carbocycles. The Hall–Kier alpha value is -1.41. The molecule has 2 aromatic rings. The van der Waals surface area contributed by atoms with Crippen LogP contribution in [0.5, 0.6) is 0 Å². The zero-order valence-electron chi connectivity index (χ0n) is 11.6. The van der Waals surface area contributed by atoms with Crippen molar-refractivity contribution < 1.29 is 0 Å². The molecule has 0 bridgehead atoms. The molecule has 0 aliphatic heterocycles. The summed E-state index contributed by atoms with van der Waals surface area (Å²) in [6.07, 6.45) is 7.36. The molecule has 19 heavy (non-hydrogen) atoms. The van der Waals surface area contributed by atoms with E-state index in [2.05, 4.69) is 41.5 Å². The maximum absolute atomic E-state index is 4.62. The summed E-state index contributed by atoms with van der Waals surface area (Å²) in [5, 5.41) is 4.94. The molecule has 1 aromatic carbocycles. The Morgan fingerprint density at radius 2 is 2.00 bits per heavy atom. The van der Waals surface area contributed by atoms with Crippen molar-refractivity contribution in [2.45, 2.75) is 38.6 Å². The number of pyridine rings is 1. The van der Waals surface area contributed by atoms with Crippen molar-refractivity contribution in [1.29, 1.82) is 0 Å². The van der Waals surface area contributed by atoms with Crippen LogP contribution < -0.4 is 5.32 Å². The highest BCUT2D eigenvalue weighted by atomic mass is 14.9. The van der Waals surface area contributed by atoms with Crippen LogP contribution in [-0.2, 0) is 0 Å². The molecule has 3 rings (SSSR count). The molecular weight excluding hydrogens is 232 g/mol. The van der Waals surface area contributed by atoms with Crippen LogP contribution in [0.2, 0.25) is 0 Å². The van der Waals surface area contributed by atoms with Crippen molar-refractivity contribution in [3.63, 3.8) is 0 Å². The highest BCUT2D eigenvalue weighted by molar-refractivity contribution is 5.82. The van der Waals surface area contributed by atoms with Crippen LogP contribution in [0, 0.1) is 5.92 Å². The van der Waals surface area contributed by atoms with Crippen molar-refractivity contribution in [3.05, 3.63) is 42.1 Å². The maximum atomic E-state index is 4.62. The summed E-state index contributed by atoms with van der Waals surface area (Å²) in [7, 11) is 0. The molecule has 1 heterocycles. The smallest absolute Gasteiger partial charge is 0.0749 e. The monoisotopic (exact) mass is 254 g/mol. The molecule has 100 valence electrons. The Morgan fingerprint density at radius 1 is 1.21 bits per heavy atom. The van der Waals surface area contributed by atoms with Crippen LogP contribution in [0.25, 0.3) is 10.9 Å². The summed E-state index contributed by atoms with van der Waals surface area (Å²) in [4.78, 5) is 4.62. The molecule has 2 heteroatoms. The van der Waals surface area contributed by atoms with Gasteiger partial charge in [-0.25, -0.2) is 0 Å². The lowest BCUT2D eigenvalue weighted by molar-refractivity contribution is 0.376. The lowest BCUT2D eigenvalue weighted by atomic mass is 9.90. The van der Waals surface area contributed by atoms with E-state index in [4.69, 9.17) is 0 Å². The standard InChI is InChI=1S/C17H22N2/c1-2-18-16(13-7-3-4-8-13)15-11-5-9-14-10-6-12-19-17(14)15/h5-6,9-13,16,18H,2-4,7-8H2,1H3. The van der Waals surface area contributed by atoms with Gasteiger partial charge in [0.15, 0.2) is 0 Å². The third kappa shape index (κ3) is 2.50. The van der Waals surface area contributed by atoms with E-state index in [0.717, 1.165) is 12.5 Å². The van der Waals surface area contributed by atoms with Crippen LogP contribution in [0.3, 0.4) is 0 Å². The summed E-state index contributed by atoms with van der Waals surface area (Å²) in [5.41, 5.74) is 2.55. The summed E-state index contributed by atoms with van der Waals surface area (Å²) >= 11 is 0. The second kappa shape index (κ2) is 5.70. The third-order valence-corrected chi connectivity index (χ3v) is 4.29. The van der Waals surface area contributed by atoms with Crippen LogP contribution in [0.4, 0.5) is 0 Å². The number of hydrogen-bond acceptors (Lipinski definition) is 2. The number of aromatic nitrogens is 1. The predicted molar refractivity (Wildman–Crippen MR) is 80.1 cm³/mol. The number of fused-ring (bicyclic) bond motifs is 1. The normalized spacial score (nSPS) is 17.9. The molecule has 0 spiro atoms. The van der Waals surface area contributed by atoms with E-state index in [1.165, 1.54) is 42.1 Å². The maximum Gasteiger partial charge on any atom is 0.0749 e. The fourth-order valence-electron chi connectivity index (χ4n) is 3.42. The Labute approximate surface area is 115 Å². The molecule has 1 atom stereocenters. The molecular formula is C17H22N2. The van der Waals surface area contributed by atoms with Gasteiger partial charge >= 0.3 is 0 Å². The first-order valence-corrected chi connectivity index (χ1v) is 7.47. The Balaban J connectivity index is 2.03. The second-order valence-electron chi connectivity index (χ2n) is 5.50. The van der Waals surface area contributed by atoms with E-state index in [-0.39, 0.29) is 0 Å².